The Morgan fingerprint density at radius 2 is 1.85 bits per heavy atom. The Balaban J connectivity index is 1.38. The van der Waals surface area contributed by atoms with Gasteiger partial charge >= 0.3 is 0 Å². The molecule has 48 heavy (non-hydrogen) atoms. The van der Waals surface area contributed by atoms with Gasteiger partial charge in [-0.25, -0.2) is 13.1 Å². The molecule has 4 aliphatic rings. The predicted molar refractivity (Wildman–Crippen MR) is 189 cm³/mol. The van der Waals surface area contributed by atoms with Crippen molar-refractivity contribution in [2.24, 2.45) is 17.8 Å². The smallest absolute Gasteiger partial charge is 0.264 e. The molecule has 0 unspecified atom stereocenters. The molecule has 1 saturated heterocycles. The maximum atomic E-state index is 13.5. The number of aryl methyl sites for hydroxylation is 1. The Hall–Kier alpha value is -2.37. The molecular formula is C37H52ClN3O6S. The van der Waals surface area contributed by atoms with Crippen molar-refractivity contribution in [1.82, 2.24) is 9.62 Å². The number of benzene rings is 2. The molecule has 0 radical (unpaired) electrons. The summed E-state index contributed by atoms with van der Waals surface area (Å²) in [6.45, 7) is 10.3. The number of rotatable bonds is 2. The first-order valence-corrected chi connectivity index (χ1v) is 19.7. The van der Waals surface area contributed by atoms with E-state index in [-0.39, 0.29) is 29.4 Å². The van der Waals surface area contributed by atoms with E-state index in [2.05, 4.69) is 21.4 Å². The average Bonchev–Trinajstić information content (AvgIpc) is 3.06. The van der Waals surface area contributed by atoms with Crippen LogP contribution in [0.1, 0.15) is 87.2 Å². The number of amides is 1. The second-order valence-electron chi connectivity index (χ2n) is 14.8. The standard InChI is InChI=1S/C37H52ClN3O6S/c1-25-7-6-15-37(43,24-41-17-18-46-22-26(41)2)33-13-10-30(33)21-40-16-5-4-8-28-19-32(38)12-9-31(28)23-47-35-14-11-29(20-34(35)40)36(42)39-48(44,45)27(25)3/h9,11-12,14,19-20,25-27,30,33,43H,4-8,10,13,15-18,21-24H2,1-3H3,(H,39,42)/t25-,26-,27+,30-,33+,37+/m0/s1. The number of fused-ring (bicyclic) bond motifs is 3. The van der Waals surface area contributed by atoms with Crippen molar-refractivity contribution in [3.63, 3.8) is 0 Å². The van der Waals surface area contributed by atoms with Gasteiger partial charge in [-0.2, -0.15) is 0 Å². The first kappa shape index (κ1) is 35.5. The van der Waals surface area contributed by atoms with E-state index < -0.39 is 26.8 Å². The molecule has 1 amide bonds. The normalized spacial score (nSPS) is 32.0. The second-order valence-corrected chi connectivity index (χ2v) is 17.3. The number of aliphatic hydroxyl groups is 1. The van der Waals surface area contributed by atoms with Crippen LogP contribution in [-0.4, -0.2) is 80.6 Å². The zero-order valence-electron chi connectivity index (χ0n) is 28.6. The van der Waals surface area contributed by atoms with E-state index in [1.165, 1.54) is 5.56 Å². The molecule has 3 heterocycles. The quantitative estimate of drug-likeness (QED) is 0.404. The molecular weight excluding hydrogens is 650 g/mol. The molecule has 2 bridgehead atoms. The van der Waals surface area contributed by atoms with Crippen LogP contribution in [0.3, 0.4) is 0 Å². The van der Waals surface area contributed by atoms with Crippen LogP contribution in [0.5, 0.6) is 5.75 Å². The Morgan fingerprint density at radius 3 is 2.62 bits per heavy atom. The zero-order valence-corrected chi connectivity index (χ0v) is 30.2. The lowest BCUT2D eigenvalue weighted by molar-refractivity contribution is -0.123. The summed E-state index contributed by atoms with van der Waals surface area (Å²) >= 11 is 6.37. The summed E-state index contributed by atoms with van der Waals surface area (Å²) in [7, 11) is -3.94. The van der Waals surface area contributed by atoms with Crippen molar-refractivity contribution in [2.75, 3.05) is 44.3 Å². The number of hydrogen-bond donors (Lipinski definition) is 2. The molecule has 0 spiro atoms. The number of nitrogens with one attached hydrogen (secondary N) is 1. The largest absolute Gasteiger partial charge is 0.487 e. The molecule has 2 fully saturated rings. The fourth-order valence-electron chi connectivity index (χ4n) is 8.14. The van der Waals surface area contributed by atoms with Crippen LogP contribution in [0.25, 0.3) is 0 Å². The van der Waals surface area contributed by atoms with Crippen LogP contribution in [0, 0.1) is 17.8 Å². The Bertz CT molecular complexity index is 1570. The van der Waals surface area contributed by atoms with Crippen LogP contribution in [0.15, 0.2) is 36.4 Å². The van der Waals surface area contributed by atoms with Gasteiger partial charge in [-0.3, -0.25) is 9.69 Å². The molecule has 264 valence electrons. The first-order chi connectivity index (χ1) is 22.9. The van der Waals surface area contributed by atoms with Gasteiger partial charge in [-0.15, -0.1) is 0 Å². The Kier molecular flexibility index (Phi) is 11.0. The highest BCUT2D eigenvalue weighted by Gasteiger charge is 2.48. The lowest BCUT2D eigenvalue weighted by Crippen LogP contribution is -2.59. The monoisotopic (exact) mass is 701 g/mol. The van der Waals surface area contributed by atoms with Gasteiger partial charge < -0.3 is 19.5 Å². The minimum absolute atomic E-state index is 0.109. The fourth-order valence-corrected chi connectivity index (χ4v) is 9.64. The van der Waals surface area contributed by atoms with E-state index in [1.54, 1.807) is 25.1 Å². The summed E-state index contributed by atoms with van der Waals surface area (Å²) in [5.41, 5.74) is 2.41. The number of hydrogen-bond acceptors (Lipinski definition) is 8. The van der Waals surface area contributed by atoms with Crippen molar-refractivity contribution >= 4 is 33.2 Å². The van der Waals surface area contributed by atoms with Crippen LogP contribution in [0.4, 0.5) is 5.69 Å². The van der Waals surface area contributed by atoms with E-state index in [1.807, 2.05) is 25.1 Å². The van der Waals surface area contributed by atoms with Gasteiger partial charge in [0.15, 0.2) is 0 Å². The van der Waals surface area contributed by atoms with Gasteiger partial charge in [-0.1, -0.05) is 31.0 Å². The molecule has 6 rings (SSSR count). The third kappa shape index (κ3) is 7.83. The summed E-state index contributed by atoms with van der Waals surface area (Å²) < 4.78 is 41.5. The van der Waals surface area contributed by atoms with Gasteiger partial charge in [0, 0.05) is 42.8 Å². The van der Waals surface area contributed by atoms with Crippen LogP contribution < -0.4 is 14.4 Å². The minimum atomic E-state index is -3.94. The van der Waals surface area contributed by atoms with Crippen LogP contribution in [0.2, 0.25) is 5.02 Å². The molecule has 2 aromatic rings. The number of nitrogens with zero attached hydrogens (tertiary/aromatic N) is 2. The summed E-state index contributed by atoms with van der Waals surface area (Å²) in [5.74, 6) is 0.197. The van der Waals surface area contributed by atoms with Crippen molar-refractivity contribution in [3.05, 3.63) is 58.1 Å². The van der Waals surface area contributed by atoms with E-state index in [4.69, 9.17) is 21.1 Å². The van der Waals surface area contributed by atoms with Gasteiger partial charge in [0.2, 0.25) is 10.0 Å². The zero-order chi connectivity index (χ0) is 34.1. The Labute approximate surface area is 291 Å². The first-order valence-electron chi connectivity index (χ1n) is 17.8. The second kappa shape index (κ2) is 14.9. The molecule has 2 aromatic carbocycles. The minimum Gasteiger partial charge on any atom is -0.487 e. The number of sulfonamides is 1. The predicted octanol–water partition coefficient (Wildman–Crippen LogP) is 5.81. The van der Waals surface area contributed by atoms with Crippen molar-refractivity contribution in [3.8, 4) is 5.75 Å². The molecule has 0 aromatic heterocycles. The van der Waals surface area contributed by atoms with E-state index in [0.29, 0.717) is 56.4 Å². The van der Waals surface area contributed by atoms with E-state index in [9.17, 15) is 18.3 Å². The van der Waals surface area contributed by atoms with Crippen molar-refractivity contribution in [1.29, 1.82) is 0 Å². The summed E-state index contributed by atoms with van der Waals surface area (Å²) in [5, 5.41) is 12.6. The van der Waals surface area contributed by atoms with Gasteiger partial charge in [0.05, 0.1) is 29.8 Å². The molecule has 11 heteroatoms. The highest BCUT2D eigenvalue weighted by molar-refractivity contribution is 7.90. The van der Waals surface area contributed by atoms with E-state index in [0.717, 1.165) is 63.0 Å². The molecule has 3 aliphatic heterocycles. The van der Waals surface area contributed by atoms with Gasteiger partial charge in [0.25, 0.3) is 5.91 Å². The SMILES string of the molecule is C[C@@H]1[C@@H](C)CCC[C@@](O)(CN2CCOC[C@@H]2C)[C@@H]2CC[C@H]2CN2CCCCc3cc(Cl)ccc3COc3ccc(cc32)C(=O)NS1(=O)=O. The molecule has 1 saturated carbocycles. The highest BCUT2D eigenvalue weighted by atomic mass is 35.5. The van der Waals surface area contributed by atoms with Crippen molar-refractivity contribution in [2.45, 2.75) is 95.6 Å². The van der Waals surface area contributed by atoms with Gasteiger partial charge in [0.1, 0.15) is 12.4 Å². The summed E-state index contributed by atoms with van der Waals surface area (Å²) in [6, 6.07) is 11.4. The number of anilines is 1. The number of morpholine rings is 1. The topological polar surface area (TPSA) is 108 Å². The third-order valence-corrected chi connectivity index (χ3v) is 13.7. The molecule has 9 nitrogen and oxygen atoms in total. The third-order valence-electron chi connectivity index (χ3n) is 11.6. The lowest BCUT2D eigenvalue weighted by Gasteiger charge is -2.51. The summed E-state index contributed by atoms with van der Waals surface area (Å²) in [4.78, 5) is 18.2. The average molecular weight is 702 g/mol. The number of halogens is 1. The maximum absolute atomic E-state index is 13.5. The Morgan fingerprint density at radius 1 is 1.02 bits per heavy atom. The molecule has 1 aliphatic carbocycles. The molecule has 2 N–H and O–H groups in total. The maximum Gasteiger partial charge on any atom is 0.264 e. The molecule has 6 atom stereocenters. The number of β-amino-alcohol motifs (C(OH)–C–C–N with tert-alkyl or cyclic N) is 1. The highest BCUT2D eigenvalue weighted by Crippen LogP contribution is 2.47. The summed E-state index contributed by atoms with van der Waals surface area (Å²) in [6.07, 6.45) is 6.69. The van der Waals surface area contributed by atoms with Gasteiger partial charge in [-0.05, 0) is 118 Å². The van der Waals surface area contributed by atoms with Crippen LogP contribution >= 0.6 is 11.6 Å². The van der Waals surface area contributed by atoms with Crippen LogP contribution in [-0.2, 0) is 27.8 Å². The fraction of sp³-hybridized carbons (Fsp3) is 0.649. The lowest BCUT2D eigenvalue weighted by atomic mass is 9.62. The number of carbonyl (C=O) groups is 1. The van der Waals surface area contributed by atoms with E-state index >= 15 is 0 Å². The number of ether oxygens (including phenoxy) is 2. The number of carbonyl (C=O) groups excluding carboxylic acids is 1. The van der Waals surface area contributed by atoms with Crippen molar-refractivity contribution < 1.29 is 27.8 Å².